The van der Waals surface area contributed by atoms with Gasteiger partial charge in [-0.1, -0.05) is 0 Å². The van der Waals surface area contributed by atoms with Crippen LogP contribution in [0.5, 0.6) is 0 Å². The standard InChI is InChI=1S/C12H12FN3OS/c1-12(2,11-15-5-6-18-11)16-10(17)8-3-4-14-7-9(8)13/h3-7H,1-2H3,(H,16,17). The molecule has 0 fully saturated rings. The Hall–Kier alpha value is -1.82. The second kappa shape index (κ2) is 4.81. The fraction of sp³-hybridized carbons (Fsp3) is 0.250. The van der Waals surface area contributed by atoms with Crippen LogP contribution >= 0.6 is 11.3 Å². The minimum atomic E-state index is -0.638. The molecule has 2 rings (SSSR count). The molecule has 0 aromatic carbocycles. The quantitative estimate of drug-likeness (QED) is 0.926. The molecule has 2 heterocycles. The molecule has 1 amide bonds. The monoisotopic (exact) mass is 265 g/mol. The van der Waals surface area contributed by atoms with Gasteiger partial charge in [0.15, 0.2) is 5.82 Å². The van der Waals surface area contributed by atoms with Gasteiger partial charge in [-0.2, -0.15) is 0 Å². The molecule has 1 N–H and O–H groups in total. The highest BCUT2D eigenvalue weighted by Gasteiger charge is 2.26. The van der Waals surface area contributed by atoms with Crippen LogP contribution in [-0.2, 0) is 5.54 Å². The summed E-state index contributed by atoms with van der Waals surface area (Å²) in [5.74, 6) is -1.11. The molecule has 0 aliphatic heterocycles. The van der Waals surface area contributed by atoms with E-state index in [9.17, 15) is 9.18 Å². The molecule has 0 aliphatic rings. The predicted molar refractivity (Wildman–Crippen MR) is 66.8 cm³/mol. The number of carbonyl (C=O) groups is 1. The zero-order valence-electron chi connectivity index (χ0n) is 9.98. The van der Waals surface area contributed by atoms with Crippen LogP contribution in [0.25, 0.3) is 0 Å². The second-order valence-electron chi connectivity index (χ2n) is 4.27. The van der Waals surface area contributed by atoms with Crippen molar-refractivity contribution in [3.05, 3.63) is 46.4 Å². The summed E-state index contributed by atoms with van der Waals surface area (Å²) in [6.07, 6.45) is 4.07. The first-order valence-electron chi connectivity index (χ1n) is 5.33. The molecular weight excluding hydrogens is 253 g/mol. The van der Waals surface area contributed by atoms with Crippen LogP contribution in [0.1, 0.15) is 29.2 Å². The summed E-state index contributed by atoms with van der Waals surface area (Å²) in [7, 11) is 0. The molecule has 94 valence electrons. The lowest BCUT2D eigenvalue weighted by Gasteiger charge is -2.23. The number of nitrogens with zero attached hydrogens (tertiary/aromatic N) is 2. The number of carbonyl (C=O) groups excluding carboxylic acids is 1. The summed E-state index contributed by atoms with van der Waals surface area (Å²) in [6.45, 7) is 3.64. The highest BCUT2D eigenvalue weighted by Crippen LogP contribution is 2.22. The smallest absolute Gasteiger partial charge is 0.255 e. The van der Waals surface area contributed by atoms with Crippen molar-refractivity contribution in [3.63, 3.8) is 0 Å². The molecule has 6 heteroatoms. The van der Waals surface area contributed by atoms with Crippen LogP contribution in [0.15, 0.2) is 30.0 Å². The lowest BCUT2D eigenvalue weighted by atomic mass is 10.1. The van der Waals surface area contributed by atoms with Gasteiger partial charge in [-0.3, -0.25) is 9.78 Å². The number of nitrogens with one attached hydrogen (secondary N) is 1. The van der Waals surface area contributed by atoms with Crippen LogP contribution in [0.3, 0.4) is 0 Å². The third-order valence-electron chi connectivity index (χ3n) is 2.41. The van der Waals surface area contributed by atoms with Gasteiger partial charge in [0.1, 0.15) is 5.01 Å². The number of amides is 1. The normalized spacial score (nSPS) is 11.3. The Labute approximate surface area is 108 Å². The summed E-state index contributed by atoms with van der Waals surface area (Å²) in [5, 5.41) is 5.36. The largest absolute Gasteiger partial charge is 0.341 e. The lowest BCUT2D eigenvalue weighted by molar-refractivity contribution is 0.0907. The Kier molecular flexibility index (Phi) is 3.38. The van der Waals surface area contributed by atoms with Crippen LogP contribution in [0.4, 0.5) is 4.39 Å². The van der Waals surface area contributed by atoms with Crippen molar-refractivity contribution in [2.24, 2.45) is 0 Å². The zero-order chi connectivity index (χ0) is 13.2. The molecule has 0 unspecified atom stereocenters. The van der Waals surface area contributed by atoms with Crippen molar-refractivity contribution < 1.29 is 9.18 Å². The van der Waals surface area contributed by atoms with E-state index < -0.39 is 17.3 Å². The molecule has 2 aromatic heterocycles. The van der Waals surface area contributed by atoms with Crippen molar-refractivity contribution in [1.82, 2.24) is 15.3 Å². The highest BCUT2D eigenvalue weighted by molar-refractivity contribution is 7.09. The molecule has 0 atom stereocenters. The number of thiazole rings is 1. The Bertz CT molecular complexity index is 554. The van der Waals surface area contributed by atoms with Gasteiger partial charge in [0.25, 0.3) is 5.91 Å². The zero-order valence-corrected chi connectivity index (χ0v) is 10.8. The lowest BCUT2D eigenvalue weighted by Crippen LogP contribution is -2.41. The molecule has 0 spiro atoms. The Balaban J connectivity index is 2.20. The van der Waals surface area contributed by atoms with Gasteiger partial charge in [0.2, 0.25) is 0 Å². The van der Waals surface area contributed by atoms with E-state index in [-0.39, 0.29) is 5.56 Å². The molecule has 0 saturated heterocycles. The van der Waals surface area contributed by atoms with Crippen molar-refractivity contribution in [2.45, 2.75) is 19.4 Å². The average Bonchev–Trinajstić information content (AvgIpc) is 2.82. The van der Waals surface area contributed by atoms with Crippen LogP contribution in [-0.4, -0.2) is 15.9 Å². The van der Waals surface area contributed by atoms with E-state index in [1.165, 1.54) is 23.6 Å². The maximum absolute atomic E-state index is 13.4. The Morgan fingerprint density at radius 3 is 2.83 bits per heavy atom. The van der Waals surface area contributed by atoms with Crippen LogP contribution in [0.2, 0.25) is 0 Å². The van der Waals surface area contributed by atoms with Gasteiger partial charge >= 0.3 is 0 Å². The SMILES string of the molecule is CC(C)(NC(=O)c1ccncc1F)c1nccs1. The van der Waals surface area contributed by atoms with Crippen molar-refractivity contribution in [1.29, 1.82) is 0 Å². The summed E-state index contributed by atoms with van der Waals surface area (Å²) in [6, 6.07) is 1.35. The van der Waals surface area contributed by atoms with Crippen molar-refractivity contribution in [2.75, 3.05) is 0 Å². The number of aromatic nitrogens is 2. The van der Waals surface area contributed by atoms with E-state index in [1.807, 2.05) is 19.2 Å². The van der Waals surface area contributed by atoms with E-state index in [0.29, 0.717) is 0 Å². The Morgan fingerprint density at radius 2 is 2.22 bits per heavy atom. The molecule has 0 saturated carbocycles. The first-order valence-corrected chi connectivity index (χ1v) is 6.20. The third kappa shape index (κ3) is 2.53. The first kappa shape index (κ1) is 12.6. The molecule has 4 nitrogen and oxygen atoms in total. The van der Waals surface area contributed by atoms with Gasteiger partial charge < -0.3 is 5.32 Å². The van der Waals surface area contributed by atoms with Gasteiger partial charge in [-0.15, -0.1) is 11.3 Å². The topological polar surface area (TPSA) is 54.9 Å². The summed E-state index contributed by atoms with van der Waals surface area (Å²) >= 11 is 1.44. The second-order valence-corrected chi connectivity index (χ2v) is 5.17. The summed E-state index contributed by atoms with van der Waals surface area (Å²) < 4.78 is 13.4. The van der Waals surface area contributed by atoms with E-state index in [2.05, 4.69) is 15.3 Å². The maximum Gasteiger partial charge on any atom is 0.255 e. The number of pyridine rings is 1. The van der Waals surface area contributed by atoms with Gasteiger partial charge in [-0.25, -0.2) is 9.37 Å². The van der Waals surface area contributed by atoms with Gasteiger partial charge in [-0.05, 0) is 19.9 Å². The van der Waals surface area contributed by atoms with E-state index >= 15 is 0 Å². The number of hydrogen-bond acceptors (Lipinski definition) is 4. The minimum Gasteiger partial charge on any atom is -0.341 e. The fourth-order valence-corrected chi connectivity index (χ4v) is 2.21. The molecule has 0 radical (unpaired) electrons. The van der Waals surface area contributed by atoms with E-state index in [1.54, 1.807) is 6.20 Å². The van der Waals surface area contributed by atoms with Crippen molar-refractivity contribution in [3.8, 4) is 0 Å². The number of halogens is 1. The number of hydrogen-bond donors (Lipinski definition) is 1. The van der Waals surface area contributed by atoms with Gasteiger partial charge in [0, 0.05) is 17.8 Å². The predicted octanol–water partition coefficient (Wildman–Crippen LogP) is 2.34. The van der Waals surface area contributed by atoms with E-state index in [4.69, 9.17) is 0 Å². The third-order valence-corrected chi connectivity index (χ3v) is 3.51. The molecule has 0 bridgehead atoms. The molecule has 2 aromatic rings. The van der Waals surface area contributed by atoms with Crippen LogP contribution in [0, 0.1) is 5.82 Å². The molecular formula is C12H12FN3OS. The van der Waals surface area contributed by atoms with Crippen molar-refractivity contribution >= 4 is 17.2 Å². The average molecular weight is 265 g/mol. The fourth-order valence-electron chi connectivity index (χ4n) is 1.50. The highest BCUT2D eigenvalue weighted by atomic mass is 32.1. The maximum atomic E-state index is 13.4. The van der Waals surface area contributed by atoms with Gasteiger partial charge in [0.05, 0.1) is 17.3 Å². The van der Waals surface area contributed by atoms with E-state index in [0.717, 1.165) is 11.2 Å². The molecule has 0 aliphatic carbocycles. The molecule has 18 heavy (non-hydrogen) atoms. The Morgan fingerprint density at radius 1 is 1.44 bits per heavy atom. The number of rotatable bonds is 3. The van der Waals surface area contributed by atoms with Crippen LogP contribution < -0.4 is 5.32 Å². The summed E-state index contributed by atoms with van der Waals surface area (Å²) in [4.78, 5) is 19.7. The minimum absolute atomic E-state index is 0.0189. The first-order chi connectivity index (χ1) is 8.50. The summed E-state index contributed by atoms with van der Waals surface area (Å²) in [5.41, 5.74) is -0.657.